The molecule has 0 atom stereocenters. The quantitative estimate of drug-likeness (QED) is 0.499. The van der Waals surface area contributed by atoms with Crippen LogP contribution in [0.1, 0.15) is 50.7 Å². The van der Waals surface area contributed by atoms with Gasteiger partial charge in [0.1, 0.15) is 34.8 Å². The number of rotatable bonds is 10. The summed E-state index contributed by atoms with van der Waals surface area (Å²) in [5.74, 6) is 0.893. The van der Waals surface area contributed by atoms with Gasteiger partial charge in [-0.3, -0.25) is 0 Å². The molecule has 29 heavy (non-hydrogen) atoms. The molecule has 0 N–H and O–H groups in total. The first-order chi connectivity index (χ1) is 14.1. The zero-order valence-corrected chi connectivity index (χ0v) is 17.8. The Kier molecular flexibility index (Phi) is 8.37. The van der Waals surface area contributed by atoms with Crippen molar-refractivity contribution < 1.29 is 9.47 Å². The number of unbranched alkanes of at least 4 members (excludes halogenated alkanes) is 2. The summed E-state index contributed by atoms with van der Waals surface area (Å²) in [6.07, 6.45) is 3.73. The van der Waals surface area contributed by atoms with Crippen molar-refractivity contribution in [3.63, 3.8) is 0 Å². The molecule has 0 saturated heterocycles. The van der Waals surface area contributed by atoms with E-state index in [0.29, 0.717) is 24.7 Å². The molecule has 0 spiro atoms. The molecule has 0 heterocycles. The zero-order valence-electron chi connectivity index (χ0n) is 17.8. The molecule has 152 valence electrons. The standard InChI is InChI=1S/C24H29N3O2/c1-5-7-13-28-23-15-20(18-9-11-19(12-10-18)27(3)4)24(29-14-8-6-2)22(17-26)21(23)16-25/h9-12,15H,5-8,13-14H2,1-4H3. The summed E-state index contributed by atoms with van der Waals surface area (Å²) in [6, 6.07) is 14.2. The summed E-state index contributed by atoms with van der Waals surface area (Å²) in [5, 5.41) is 19.5. The second-order valence-corrected chi connectivity index (χ2v) is 7.07. The topological polar surface area (TPSA) is 69.3 Å². The van der Waals surface area contributed by atoms with Crippen LogP contribution in [0.15, 0.2) is 30.3 Å². The molecule has 5 nitrogen and oxygen atoms in total. The van der Waals surface area contributed by atoms with Crippen LogP contribution < -0.4 is 14.4 Å². The Morgan fingerprint density at radius 3 is 1.97 bits per heavy atom. The van der Waals surface area contributed by atoms with E-state index >= 15 is 0 Å². The van der Waals surface area contributed by atoms with Crippen LogP contribution in [0.25, 0.3) is 11.1 Å². The third-order valence-electron chi connectivity index (χ3n) is 4.66. The first-order valence-corrected chi connectivity index (χ1v) is 10.1. The fourth-order valence-electron chi connectivity index (χ4n) is 2.92. The van der Waals surface area contributed by atoms with E-state index in [0.717, 1.165) is 42.5 Å². The highest BCUT2D eigenvalue weighted by atomic mass is 16.5. The molecule has 0 saturated carbocycles. The number of ether oxygens (including phenoxy) is 2. The number of hydrogen-bond donors (Lipinski definition) is 0. The van der Waals surface area contributed by atoms with Gasteiger partial charge in [0.05, 0.1) is 13.2 Å². The van der Waals surface area contributed by atoms with Gasteiger partial charge in [0.2, 0.25) is 0 Å². The fourth-order valence-corrected chi connectivity index (χ4v) is 2.92. The number of nitriles is 2. The lowest BCUT2D eigenvalue weighted by molar-refractivity contribution is 0.300. The lowest BCUT2D eigenvalue weighted by Gasteiger charge is -2.18. The predicted octanol–water partition coefficient (Wildman–Crippen LogP) is 5.52. The average molecular weight is 392 g/mol. The van der Waals surface area contributed by atoms with Crippen molar-refractivity contribution in [1.82, 2.24) is 0 Å². The van der Waals surface area contributed by atoms with Gasteiger partial charge in [-0.15, -0.1) is 0 Å². The maximum atomic E-state index is 9.83. The zero-order chi connectivity index (χ0) is 21.2. The Hall–Kier alpha value is -3.18. The predicted molar refractivity (Wildman–Crippen MR) is 116 cm³/mol. The highest BCUT2D eigenvalue weighted by Gasteiger charge is 2.21. The van der Waals surface area contributed by atoms with Crippen LogP contribution in [0.2, 0.25) is 0 Å². The normalized spacial score (nSPS) is 10.1. The summed E-state index contributed by atoms with van der Waals surface area (Å²) in [4.78, 5) is 2.03. The van der Waals surface area contributed by atoms with Crippen molar-refractivity contribution in [3.05, 3.63) is 41.5 Å². The van der Waals surface area contributed by atoms with Crippen molar-refractivity contribution >= 4 is 5.69 Å². The Morgan fingerprint density at radius 1 is 0.862 bits per heavy atom. The van der Waals surface area contributed by atoms with Gasteiger partial charge >= 0.3 is 0 Å². The van der Waals surface area contributed by atoms with Crippen LogP contribution in [-0.4, -0.2) is 27.3 Å². The lowest BCUT2D eigenvalue weighted by Crippen LogP contribution is -2.08. The van der Waals surface area contributed by atoms with Crippen molar-refractivity contribution in [2.24, 2.45) is 0 Å². The van der Waals surface area contributed by atoms with Crippen molar-refractivity contribution in [2.45, 2.75) is 39.5 Å². The SMILES string of the molecule is CCCCOc1cc(-c2ccc(N(C)C)cc2)c(OCCCC)c(C#N)c1C#N. The number of anilines is 1. The van der Waals surface area contributed by atoms with Crippen LogP contribution in [0.5, 0.6) is 11.5 Å². The highest BCUT2D eigenvalue weighted by Crippen LogP contribution is 2.40. The van der Waals surface area contributed by atoms with Crippen molar-refractivity contribution in [2.75, 3.05) is 32.2 Å². The number of nitrogens with zero attached hydrogens (tertiary/aromatic N) is 3. The minimum absolute atomic E-state index is 0.240. The molecule has 0 aliphatic carbocycles. The van der Waals surface area contributed by atoms with Crippen LogP contribution >= 0.6 is 0 Å². The molecular weight excluding hydrogens is 362 g/mol. The second-order valence-electron chi connectivity index (χ2n) is 7.07. The molecule has 0 aliphatic rings. The summed E-state index contributed by atoms with van der Waals surface area (Å²) in [5.41, 5.74) is 3.25. The molecule has 2 aromatic rings. The van der Waals surface area contributed by atoms with Crippen LogP contribution in [0, 0.1) is 22.7 Å². The summed E-state index contributed by atoms with van der Waals surface area (Å²) < 4.78 is 11.9. The number of benzene rings is 2. The van der Waals surface area contributed by atoms with Gasteiger partial charge in [-0.1, -0.05) is 38.8 Å². The Bertz CT molecular complexity index is 890. The van der Waals surface area contributed by atoms with Gasteiger partial charge in [0.15, 0.2) is 0 Å². The van der Waals surface area contributed by atoms with Gasteiger partial charge < -0.3 is 14.4 Å². The first kappa shape index (κ1) is 22.1. The molecule has 0 radical (unpaired) electrons. The minimum Gasteiger partial charge on any atom is -0.492 e. The maximum Gasteiger partial charge on any atom is 0.146 e. The summed E-state index contributed by atoms with van der Waals surface area (Å²) in [7, 11) is 3.98. The van der Waals surface area contributed by atoms with E-state index in [1.54, 1.807) is 0 Å². The Balaban J connectivity index is 2.61. The Labute approximate surface area is 174 Å². The molecule has 2 aromatic carbocycles. The second kappa shape index (κ2) is 11.0. The van der Waals surface area contributed by atoms with Gasteiger partial charge in [0, 0.05) is 25.3 Å². The van der Waals surface area contributed by atoms with E-state index in [2.05, 4.69) is 26.0 Å². The van der Waals surface area contributed by atoms with E-state index in [9.17, 15) is 10.5 Å². The van der Waals surface area contributed by atoms with E-state index < -0.39 is 0 Å². The molecule has 0 unspecified atom stereocenters. The first-order valence-electron chi connectivity index (χ1n) is 10.1. The largest absolute Gasteiger partial charge is 0.492 e. The van der Waals surface area contributed by atoms with Gasteiger partial charge in [-0.25, -0.2) is 0 Å². The fraction of sp³-hybridized carbons (Fsp3) is 0.417. The van der Waals surface area contributed by atoms with Crippen molar-refractivity contribution in [1.29, 1.82) is 10.5 Å². The molecule has 0 fully saturated rings. The van der Waals surface area contributed by atoms with Gasteiger partial charge in [0.25, 0.3) is 0 Å². The van der Waals surface area contributed by atoms with E-state index in [-0.39, 0.29) is 11.1 Å². The van der Waals surface area contributed by atoms with E-state index in [4.69, 9.17) is 9.47 Å². The average Bonchev–Trinajstić information content (AvgIpc) is 2.74. The van der Waals surface area contributed by atoms with Crippen molar-refractivity contribution in [3.8, 4) is 34.8 Å². The smallest absolute Gasteiger partial charge is 0.146 e. The third kappa shape index (κ3) is 5.42. The van der Waals surface area contributed by atoms with Gasteiger partial charge in [-0.05, 0) is 36.6 Å². The monoisotopic (exact) mass is 391 g/mol. The minimum atomic E-state index is 0.240. The third-order valence-corrected chi connectivity index (χ3v) is 4.66. The summed E-state index contributed by atoms with van der Waals surface area (Å²) in [6.45, 7) is 5.17. The van der Waals surface area contributed by atoms with Crippen LogP contribution in [-0.2, 0) is 0 Å². The van der Waals surface area contributed by atoms with Crippen LogP contribution in [0.4, 0.5) is 5.69 Å². The highest BCUT2D eigenvalue weighted by molar-refractivity contribution is 5.79. The Morgan fingerprint density at radius 2 is 1.45 bits per heavy atom. The molecule has 5 heteroatoms. The van der Waals surface area contributed by atoms with E-state index in [1.807, 2.05) is 49.3 Å². The molecule has 0 bridgehead atoms. The van der Waals surface area contributed by atoms with E-state index in [1.165, 1.54) is 0 Å². The number of hydrogen-bond acceptors (Lipinski definition) is 5. The lowest BCUT2D eigenvalue weighted by atomic mass is 9.97. The van der Waals surface area contributed by atoms with Gasteiger partial charge in [-0.2, -0.15) is 10.5 Å². The van der Waals surface area contributed by atoms with Crippen LogP contribution in [0.3, 0.4) is 0 Å². The molecule has 0 amide bonds. The summed E-state index contributed by atoms with van der Waals surface area (Å²) >= 11 is 0. The molecule has 2 rings (SSSR count). The molecular formula is C24H29N3O2. The molecule has 0 aliphatic heterocycles. The maximum absolute atomic E-state index is 9.83. The molecule has 0 aromatic heterocycles.